The molecule has 1 aliphatic heterocycles. The summed E-state index contributed by atoms with van der Waals surface area (Å²) in [5.74, 6) is 2.36. The summed E-state index contributed by atoms with van der Waals surface area (Å²) in [7, 11) is 0. The van der Waals surface area contributed by atoms with Crippen LogP contribution in [-0.4, -0.2) is 19.4 Å². The van der Waals surface area contributed by atoms with Crippen molar-refractivity contribution in [3.05, 3.63) is 106 Å². The van der Waals surface area contributed by atoms with Crippen LogP contribution in [0, 0.1) is 12.8 Å². The molecule has 3 aromatic rings. The summed E-state index contributed by atoms with van der Waals surface area (Å²) in [6.07, 6.45) is 9.39. The van der Waals surface area contributed by atoms with E-state index in [1.54, 1.807) is 6.08 Å². The molecule has 0 radical (unpaired) electrons. The lowest BCUT2D eigenvalue weighted by Crippen LogP contribution is -2.29. The molecule has 5 heteroatoms. The molecule has 1 aliphatic carbocycles. The third-order valence-electron chi connectivity index (χ3n) is 6.81. The number of ether oxygens (including phenoxy) is 2. The van der Waals surface area contributed by atoms with Crippen LogP contribution in [0.15, 0.2) is 88.9 Å². The molecule has 4 nitrogen and oxygen atoms in total. The summed E-state index contributed by atoms with van der Waals surface area (Å²) in [5.41, 5.74) is 7.12. The smallest absolute Gasteiger partial charge is 0.175 e. The second-order valence-electron chi connectivity index (χ2n) is 9.28. The highest BCUT2D eigenvalue weighted by molar-refractivity contribution is 9.10. The number of nitrogens with zero attached hydrogens (tertiary/aromatic N) is 1. The lowest BCUT2D eigenvalue weighted by atomic mass is 9.76. The number of halogens is 1. The van der Waals surface area contributed by atoms with Crippen LogP contribution >= 0.6 is 15.9 Å². The zero-order valence-corrected chi connectivity index (χ0v) is 22.3. The number of benzene rings is 3. The van der Waals surface area contributed by atoms with Gasteiger partial charge in [0.15, 0.2) is 11.5 Å². The van der Waals surface area contributed by atoms with E-state index in [1.165, 1.54) is 22.4 Å². The molecule has 1 N–H and O–H groups in total. The van der Waals surface area contributed by atoms with Gasteiger partial charge in [-0.2, -0.15) is 0 Å². The lowest BCUT2D eigenvalue weighted by molar-refractivity contribution is 0.295. The molecule has 0 amide bonds. The molecular formula is C31H31BrN2O2. The molecule has 0 spiro atoms. The van der Waals surface area contributed by atoms with Crippen LogP contribution in [0.25, 0.3) is 0 Å². The van der Waals surface area contributed by atoms with E-state index in [4.69, 9.17) is 14.5 Å². The predicted octanol–water partition coefficient (Wildman–Crippen LogP) is 8.30. The summed E-state index contributed by atoms with van der Waals surface area (Å²) in [5, 5.41) is 3.82. The predicted molar refractivity (Wildman–Crippen MR) is 152 cm³/mol. The van der Waals surface area contributed by atoms with Crippen LogP contribution in [-0.2, 0) is 0 Å². The number of nitrogens with one attached hydrogen (secondary N) is 1. The summed E-state index contributed by atoms with van der Waals surface area (Å²) < 4.78 is 12.4. The van der Waals surface area contributed by atoms with Gasteiger partial charge in [0.2, 0.25) is 0 Å². The van der Waals surface area contributed by atoms with Gasteiger partial charge in [-0.05, 0) is 89.1 Å². The number of hydrogen-bond donors (Lipinski definition) is 1. The molecule has 3 atom stereocenters. The molecule has 1 heterocycles. The van der Waals surface area contributed by atoms with E-state index in [2.05, 4.69) is 89.4 Å². The van der Waals surface area contributed by atoms with Crippen molar-refractivity contribution >= 4 is 33.5 Å². The minimum Gasteiger partial charge on any atom is -0.490 e. The van der Waals surface area contributed by atoms with Crippen molar-refractivity contribution in [2.75, 3.05) is 18.5 Å². The van der Waals surface area contributed by atoms with Crippen LogP contribution in [0.2, 0.25) is 0 Å². The Bertz CT molecular complexity index is 1310. The van der Waals surface area contributed by atoms with E-state index >= 15 is 0 Å². The second kappa shape index (κ2) is 10.8. The molecule has 3 aromatic carbocycles. The van der Waals surface area contributed by atoms with E-state index in [-0.39, 0.29) is 6.04 Å². The summed E-state index contributed by atoms with van der Waals surface area (Å²) in [4.78, 5) is 4.72. The molecule has 0 saturated carbocycles. The first kappa shape index (κ1) is 24.4. The van der Waals surface area contributed by atoms with E-state index in [9.17, 15) is 0 Å². The van der Waals surface area contributed by atoms with Crippen LogP contribution in [0.5, 0.6) is 11.5 Å². The fraction of sp³-hybridized carbons (Fsp3) is 0.258. The van der Waals surface area contributed by atoms with Gasteiger partial charge in [0.1, 0.15) is 6.61 Å². The topological polar surface area (TPSA) is 42.8 Å². The van der Waals surface area contributed by atoms with Gasteiger partial charge >= 0.3 is 0 Å². The maximum absolute atomic E-state index is 5.79. The van der Waals surface area contributed by atoms with Gasteiger partial charge in [-0.15, -0.1) is 0 Å². The maximum Gasteiger partial charge on any atom is 0.175 e. The number of rotatable bonds is 8. The Kier molecular flexibility index (Phi) is 7.28. The summed E-state index contributed by atoms with van der Waals surface area (Å²) >= 11 is 3.60. The van der Waals surface area contributed by atoms with Gasteiger partial charge in [-0.3, -0.25) is 4.99 Å². The Morgan fingerprint density at radius 3 is 2.72 bits per heavy atom. The van der Waals surface area contributed by atoms with Gasteiger partial charge < -0.3 is 14.8 Å². The average molecular weight is 544 g/mol. The van der Waals surface area contributed by atoms with E-state index in [0.717, 1.165) is 22.1 Å². The highest BCUT2D eigenvalue weighted by Gasteiger charge is 2.37. The molecule has 0 fully saturated rings. The van der Waals surface area contributed by atoms with Crippen molar-refractivity contribution in [1.82, 2.24) is 0 Å². The van der Waals surface area contributed by atoms with Crippen LogP contribution < -0.4 is 14.8 Å². The number of fused-ring (bicyclic) bond motifs is 3. The fourth-order valence-electron chi connectivity index (χ4n) is 5.17. The number of aryl methyl sites for hydroxylation is 1. The Hall–Kier alpha value is -3.31. The molecule has 5 rings (SSSR count). The molecular weight excluding hydrogens is 512 g/mol. The molecule has 0 unspecified atom stereocenters. The third-order valence-corrected chi connectivity index (χ3v) is 7.40. The third kappa shape index (κ3) is 4.98. The van der Waals surface area contributed by atoms with E-state index in [0.29, 0.717) is 36.5 Å². The highest BCUT2D eigenvalue weighted by atomic mass is 79.9. The first-order chi connectivity index (χ1) is 17.6. The van der Waals surface area contributed by atoms with Gasteiger partial charge in [0, 0.05) is 17.8 Å². The minimum absolute atomic E-state index is 0.283. The highest BCUT2D eigenvalue weighted by Crippen LogP contribution is 2.50. The Morgan fingerprint density at radius 1 is 1.11 bits per heavy atom. The quantitative estimate of drug-likeness (QED) is 0.230. The number of allylic oxidation sites excluding steroid dienone is 2. The molecule has 184 valence electrons. The molecule has 2 aliphatic rings. The monoisotopic (exact) mass is 542 g/mol. The zero-order valence-electron chi connectivity index (χ0n) is 20.7. The van der Waals surface area contributed by atoms with Crippen LogP contribution in [0.1, 0.15) is 47.6 Å². The minimum atomic E-state index is 0.283. The van der Waals surface area contributed by atoms with Crippen molar-refractivity contribution in [2.24, 2.45) is 10.9 Å². The van der Waals surface area contributed by atoms with Crippen LogP contribution in [0.3, 0.4) is 0 Å². The van der Waals surface area contributed by atoms with Gasteiger partial charge in [0.05, 0.1) is 22.8 Å². The van der Waals surface area contributed by atoms with Gasteiger partial charge in [-0.1, -0.05) is 54.6 Å². The van der Waals surface area contributed by atoms with Crippen molar-refractivity contribution < 1.29 is 9.47 Å². The molecule has 0 saturated heterocycles. The van der Waals surface area contributed by atoms with Gasteiger partial charge in [0.25, 0.3) is 0 Å². The molecule has 36 heavy (non-hydrogen) atoms. The number of aliphatic imine (C=N–C) groups is 1. The zero-order chi connectivity index (χ0) is 25.1. The van der Waals surface area contributed by atoms with E-state index < -0.39 is 0 Å². The first-order valence-corrected chi connectivity index (χ1v) is 13.2. The SMILES string of the molecule is C=CCOc1c(Br)cc(C=Nc2ccc([C@@H]3Nc4ccc(C)cc4[C@@H]4C=CC[C@@H]43)cc2)cc1OCC. The summed E-state index contributed by atoms with van der Waals surface area (Å²) in [6.45, 7) is 8.81. The maximum atomic E-state index is 5.79. The van der Waals surface area contributed by atoms with Crippen molar-refractivity contribution in [3.8, 4) is 11.5 Å². The van der Waals surface area contributed by atoms with Crippen molar-refractivity contribution in [3.63, 3.8) is 0 Å². The van der Waals surface area contributed by atoms with Crippen molar-refractivity contribution in [1.29, 1.82) is 0 Å². The molecule has 0 bridgehead atoms. The van der Waals surface area contributed by atoms with Crippen LogP contribution in [0.4, 0.5) is 11.4 Å². The number of anilines is 1. The van der Waals surface area contributed by atoms with E-state index in [1.807, 2.05) is 25.3 Å². The summed E-state index contributed by atoms with van der Waals surface area (Å²) in [6, 6.07) is 19.5. The lowest BCUT2D eigenvalue weighted by Gasteiger charge is -2.37. The Labute approximate surface area is 221 Å². The molecule has 0 aromatic heterocycles. The normalized spacial score (nSPS) is 20.0. The van der Waals surface area contributed by atoms with Crippen molar-refractivity contribution in [2.45, 2.75) is 32.2 Å². The first-order valence-electron chi connectivity index (χ1n) is 12.4. The largest absolute Gasteiger partial charge is 0.490 e. The Morgan fingerprint density at radius 2 is 1.94 bits per heavy atom. The second-order valence-corrected chi connectivity index (χ2v) is 10.1. The fourth-order valence-corrected chi connectivity index (χ4v) is 5.74. The Balaban J connectivity index is 1.35. The number of hydrogen-bond acceptors (Lipinski definition) is 4. The standard InChI is InChI=1S/C31H31BrN2O2/c1-4-15-36-31-27(32)17-21(18-29(31)35-5-2)19-33-23-12-10-22(11-13-23)30-25-8-6-7-24(25)26-16-20(3)9-14-28(26)34-30/h4,6-7,9-14,16-19,24-25,30,34H,1,5,8,15H2,2-3H3/t24-,25+,30+/m1/s1. The average Bonchev–Trinajstić information content (AvgIpc) is 3.38. The van der Waals surface area contributed by atoms with Gasteiger partial charge in [-0.25, -0.2) is 0 Å².